The average Bonchev–Trinajstić information content (AvgIpc) is 2.58. The normalized spacial score (nSPS) is 21.0. The molecule has 0 saturated heterocycles. The second-order valence-corrected chi connectivity index (χ2v) is 6.38. The molecule has 25 heavy (non-hydrogen) atoms. The van der Waals surface area contributed by atoms with Crippen LogP contribution >= 0.6 is 0 Å². The molecule has 0 spiro atoms. The molecule has 3 aliphatic rings. The van der Waals surface area contributed by atoms with Crippen LogP contribution in [0.3, 0.4) is 0 Å². The number of nitrogens with zero attached hydrogens (tertiary/aromatic N) is 2. The quantitative estimate of drug-likeness (QED) is 0.701. The molecule has 0 atom stereocenters. The van der Waals surface area contributed by atoms with Crippen molar-refractivity contribution in [3.63, 3.8) is 0 Å². The third-order valence-corrected chi connectivity index (χ3v) is 4.34. The predicted molar refractivity (Wildman–Crippen MR) is 89.0 cm³/mol. The lowest BCUT2D eigenvalue weighted by molar-refractivity contribution is -0.0240. The zero-order valence-corrected chi connectivity index (χ0v) is 13.4. The van der Waals surface area contributed by atoms with E-state index in [1.165, 1.54) is 20.0 Å². The van der Waals surface area contributed by atoms with Crippen LogP contribution in [-0.4, -0.2) is 22.2 Å². The van der Waals surface area contributed by atoms with Gasteiger partial charge in [0.2, 0.25) is 0 Å². The summed E-state index contributed by atoms with van der Waals surface area (Å²) in [5.74, 6) is -4.48. The first-order valence-corrected chi connectivity index (χ1v) is 7.59. The molecule has 2 nitrogen and oxygen atoms in total. The molecule has 0 radical (unpaired) electrons. The van der Waals surface area contributed by atoms with Gasteiger partial charge in [-0.05, 0) is 26.0 Å². The first-order chi connectivity index (χ1) is 11.8. The van der Waals surface area contributed by atoms with Crippen molar-refractivity contribution in [2.24, 2.45) is 4.99 Å². The Hall–Kier alpha value is -3.05. The smallest absolute Gasteiger partial charge is 0.271 e. The van der Waals surface area contributed by atoms with E-state index in [9.17, 15) is 13.2 Å². The lowest BCUT2D eigenvalue weighted by atomic mass is 9.78. The van der Waals surface area contributed by atoms with Crippen molar-refractivity contribution in [3.8, 4) is 0 Å². The maximum absolute atomic E-state index is 14.8. The summed E-state index contributed by atoms with van der Waals surface area (Å²) < 4.78 is 43.8. The molecular formula is C20H11F3N2. The van der Waals surface area contributed by atoms with Crippen LogP contribution in [0.15, 0.2) is 63.2 Å². The molecule has 1 aromatic rings. The zero-order valence-electron chi connectivity index (χ0n) is 13.4. The van der Waals surface area contributed by atoms with Crippen LogP contribution in [0.25, 0.3) is 12.2 Å². The van der Waals surface area contributed by atoms with E-state index in [-0.39, 0.29) is 11.3 Å². The van der Waals surface area contributed by atoms with Gasteiger partial charge in [-0.25, -0.2) is 4.39 Å². The van der Waals surface area contributed by atoms with Gasteiger partial charge in [0.05, 0.1) is 22.6 Å². The Morgan fingerprint density at radius 2 is 1.80 bits per heavy atom. The van der Waals surface area contributed by atoms with Gasteiger partial charge < -0.3 is 0 Å². The molecule has 0 unspecified atom stereocenters. The van der Waals surface area contributed by atoms with E-state index in [0.717, 1.165) is 11.6 Å². The first kappa shape index (κ1) is 15.5. The third kappa shape index (κ3) is 2.16. The molecule has 122 valence electrons. The number of alkyl halides is 2. The molecule has 4 rings (SSSR count). The molecular weight excluding hydrogens is 325 g/mol. The van der Waals surface area contributed by atoms with Gasteiger partial charge in [-0.2, -0.15) is 8.78 Å². The second-order valence-electron chi connectivity index (χ2n) is 6.38. The van der Waals surface area contributed by atoms with Crippen LogP contribution in [0.5, 0.6) is 0 Å². The van der Waals surface area contributed by atoms with Crippen molar-refractivity contribution < 1.29 is 13.2 Å². The highest BCUT2D eigenvalue weighted by Crippen LogP contribution is 2.48. The number of fused-ring (bicyclic) bond motifs is 2. The molecule has 2 heterocycles. The van der Waals surface area contributed by atoms with E-state index < -0.39 is 22.9 Å². The van der Waals surface area contributed by atoms with Crippen molar-refractivity contribution in [3.05, 3.63) is 75.1 Å². The van der Waals surface area contributed by atoms with Crippen LogP contribution in [0, 0.1) is 0 Å². The van der Waals surface area contributed by atoms with Crippen molar-refractivity contribution in [2.45, 2.75) is 25.3 Å². The number of pyridine rings is 1. The lowest BCUT2D eigenvalue weighted by Gasteiger charge is -2.38. The number of aromatic nitrogens is 1. The first-order valence-electron chi connectivity index (χ1n) is 7.59. The van der Waals surface area contributed by atoms with Crippen LogP contribution in [0.2, 0.25) is 0 Å². The van der Waals surface area contributed by atoms with Gasteiger partial charge in [0.1, 0.15) is 11.4 Å². The summed E-state index contributed by atoms with van der Waals surface area (Å²) in [5, 5.41) is 0. The van der Waals surface area contributed by atoms with Crippen LogP contribution < -0.4 is 0 Å². The Morgan fingerprint density at radius 3 is 2.60 bits per heavy atom. The number of rotatable bonds is 1. The lowest BCUT2D eigenvalue weighted by Crippen LogP contribution is -2.48. The molecule has 1 aliphatic heterocycles. The van der Waals surface area contributed by atoms with Crippen molar-refractivity contribution in [1.29, 1.82) is 0 Å². The minimum atomic E-state index is -3.46. The standard InChI is InChI=1S/C20H11F3N2/c1-19(2)20(22,23)17-14(7-5-8-15(17)21)18(25-19)13-10-12-6-3-4-9-16(12)24-11-13/h6,8-11H,1-2H3. The Balaban J connectivity index is 1.98. The molecule has 5 heteroatoms. The SMILES string of the molecule is CC1(C)N=C(c2cnc3c(c2)C=C=C=C3)C2=C=C=CC(F)=C2C1(F)F. The highest BCUT2D eigenvalue weighted by Gasteiger charge is 2.56. The van der Waals surface area contributed by atoms with Crippen molar-refractivity contribution in [1.82, 2.24) is 4.98 Å². The Labute approximate surface area is 142 Å². The summed E-state index contributed by atoms with van der Waals surface area (Å²) in [7, 11) is 0. The number of aliphatic imine (C=N–C) groups is 1. The molecule has 2 aliphatic carbocycles. The monoisotopic (exact) mass is 336 g/mol. The van der Waals surface area contributed by atoms with Gasteiger partial charge in [-0.1, -0.05) is 22.9 Å². The topological polar surface area (TPSA) is 25.2 Å². The van der Waals surface area contributed by atoms with E-state index in [2.05, 4.69) is 32.9 Å². The summed E-state index contributed by atoms with van der Waals surface area (Å²) in [6, 6.07) is 1.76. The molecule has 0 N–H and O–H groups in total. The third-order valence-electron chi connectivity index (χ3n) is 4.34. The van der Waals surface area contributed by atoms with Gasteiger partial charge in [0, 0.05) is 29.5 Å². The summed E-state index contributed by atoms with van der Waals surface area (Å²) >= 11 is 0. The summed E-state index contributed by atoms with van der Waals surface area (Å²) in [6.45, 7) is 2.56. The van der Waals surface area contributed by atoms with E-state index >= 15 is 0 Å². The predicted octanol–water partition coefficient (Wildman–Crippen LogP) is 4.57. The average molecular weight is 336 g/mol. The molecule has 0 aromatic carbocycles. The zero-order chi connectivity index (χ0) is 17.8. The minimum Gasteiger partial charge on any atom is -0.271 e. The number of allylic oxidation sites excluding steroid dienone is 3. The van der Waals surface area contributed by atoms with Gasteiger partial charge in [0.15, 0.2) is 0 Å². The molecule has 0 bridgehead atoms. The van der Waals surface area contributed by atoms with E-state index in [0.29, 0.717) is 11.3 Å². The fourth-order valence-electron chi connectivity index (χ4n) is 2.92. The van der Waals surface area contributed by atoms with E-state index in [1.54, 1.807) is 18.2 Å². The van der Waals surface area contributed by atoms with Gasteiger partial charge in [0.25, 0.3) is 0 Å². The van der Waals surface area contributed by atoms with Crippen LogP contribution in [-0.2, 0) is 0 Å². The van der Waals surface area contributed by atoms with Gasteiger partial charge in [-0.15, -0.1) is 0 Å². The summed E-state index contributed by atoms with van der Waals surface area (Å²) in [4.78, 5) is 8.52. The fourth-order valence-corrected chi connectivity index (χ4v) is 2.92. The van der Waals surface area contributed by atoms with E-state index in [4.69, 9.17) is 0 Å². The van der Waals surface area contributed by atoms with Crippen LogP contribution in [0.1, 0.15) is 30.7 Å². The minimum absolute atomic E-state index is 0.0862. The highest BCUT2D eigenvalue weighted by atomic mass is 19.3. The number of halogens is 3. The summed E-state index contributed by atoms with van der Waals surface area (Å²) in [5.41, 5.74) is 10.3. The largest absolute Gasteiger partial charge is 0.301 e. The molecule has 0 fully saturated rings. The maximum Gasteiger partial charge on any atom is 0.301 e. The maximum atomic E-state index is 14.8. The number of hydrogen-bond acceptors (Lipinski definition) is 2. The Bertz CT molecular complexity index is 1090. The Morgan fingerprint density at radius 1 is 1.04 bits per heavy atom. The van der Waals surface area contributed by atoms with Crippen molar-refractivity contribution in [2.75, 3.05) is 0 Å². The van der Waals surface area contributed by atoms with Crippen LogP contribution in [0.4, 0.5) is 13.2 Å². The van der Waals surface area contributed by atoms with Crippen molar-refractivity contribution >= 4 is 17.9 Å². The van der Waals surface area contributed by atoms with Gasteiger partial charge >= 0.3 is 5.92 Å². The van der Waals surface area contributed by atoms with E-state index in [1.807, 2.05) is 0 Å². The second kappa shape index (κ2) is 4.97. The Kier molecular flexibility index (Phi) is 3.08. The highest BCUT2D eigenvalue weighted by molar-refractivity contribution is 6.17. The summed E-state index contributed by atoms with van der Waals surface area (Å²) in [6.07, 6.45) is 5.76. The molecule has 1 aromatic heterocycles. The fraction of sp³-hybridized carbons (Fsp3) is 0.200. The molecule has 0 amide bonds. The number of hydrogen-bond donors (Lipinski definition) is 0. The van der Waals surface area contributed by atoms with Gasteiger partial charge in [-0.3, -0.25) is 9.98 Å². The molecule has 0 saturated carbocycles.